The predicted molar refractivity (Wildman–Crippen MR) is 67.1 cm³/mol. The molecule has 2 atom stereocenters. The van der Waals surface area contributed by atoms with Gasteiger partial charge in [0, 0.05) is 23.8 Å². The van der Waals surface area contributed by atoms with Gasteiger partial charge in [-0.05, 0) is 30.4 Å². The van der Waals surface area contributed by atoms with Crippen LogP contribution in [0.2, 0.25) is 0 Å². The van der Waals surface area contributed by atoms with Gasteiger partial charge in [-0.15, -0.1) is 0 Å². The molecular weight excluding hydrogens is 252 g/mol. The minimum Gasteiger partial charge on any atom is -0.356 e. The van der Waals surface area contributed by atoms with Crippen LogP contribution in [0.15, 0.2) is 22.8 Å². The lowest BCUT2D eigenvalue weighted by atomic mass is 9.92. The number of hydrogen-bond donors (Lipinski definition) is 0. The highest BCUT2D eigenvalue weighted by molar-refractivity contribution is 9.10. The Morgan fingerprint density at radius 2 is 2.00 bits per heavy atom. The zero-order valence-electron chi connectivity index (χ0n) is 9.28. The van der Waals surface area contributed by atoms with Crippen molar-refractivity contribution in [1.29, 1.82) is 0 Å². The molecule has 1 aromatic rings. The summed E-state index contributed by atoms with van der Waals surface area (Å²) in [6, 6.07) is 4.07. The van der Waals surface area contributed by atoms with Crippen LogP contribution in [0.3, 0.4) is 0 Å². The van der Waals surface area contributed by atoms with Crippen LogP contribution in [-0.2, 0) is 0 Å². The van der Waals surface area contributed by atoms with Crippen molar-refractivity contribution in [2.24, 2.45) is 11.8 Å². The van der Waals surface area contributed by atoms with Crippen LogP contribution in [-0.4, -0.2) is 18.1 Å². The molecule has 2 nitrogen and oxygen atoms in total. The van der Waals surface area contributed by atoms with Gasteiger partial charge in [-0.2, -0.15) is 0 Å². The van der Waals surface area contributed by atoms with Gasteiger partial charge >= 0.3 is 0 Å². The molecule has 2 unspecified atom stereocenters. The highest BCUT2D eigenvalue weighted by atomic mass is 79.9. The number of hydrogen-bond acceptors (Lipinski definition) is 2. The molecule has 2 rings (SSSR count). The number of rotatable bonds is 1. The van der Waals surface area contributed by atoms with Crippen molar-refractivity contribution >= 4 is 21.7 Å². The minimum absolute atomic E-state index is 0.773. The molecule has 82 valence electrons. The molecule has 0 aromatic carbocycles. The topological polar surface area (TPSA) is 16.1 Å². The molecule has 2 heterocycles. The number of aromatic nitrogens is 1. The van der Waals surface area contributed by atoms with Crippen LogP contribution < -0.4 is 4.90 Å². The Bertz CT molecular complexity index is 330. The van der Waals surface area contributed by atoms with Crippen molar-refractivity contribution in [2.75, 3.05) is 18.0 Å². The maximum atomic E-state index is 4.43. The van der Waals surface area contributed by atoms with Gasteiger partial charge in [0.15, 0.2) is 0 Å². The van der Waals surface area contributed by atoms with E-state index in [1.54, 1.807) is 0 Å². The molecule has 1 aliphatic rings. The first-order valence-corrected chi connectivity index (χ1v) is 6.31. The highest BCUT2D eigenvalue weighted by Gasteiger charge is 2.22. The van der Waals surface area contributed by atoms with Gasteiger partial charge in [0.1, 0.15) is 5.82 Å². The average Bonchev–Trinajstić information content (AvgIpc) is 2.16. The lowest BCUT2D eigenvalue weighted by Gasteiger charge is -2.35. The monoisotopic (exact) mass is 268 g/mol. The van der Waals surface area contributed by atoms with Gasteiger partial charge in [0.05, 0.1) is 0 Å². The molecule has 0 saturated carbocycles. The highest BCUT2D eigenvalue weighted by Crippen LogP contribution is 2.26. The van der Waals surface area contributed by atoms with E-state index in [2.05, 4.69) is 45.7 Å². The lowest BCUT2D eigenvalue weighted by Crippen LogP contribution is -2.39. The van der Waals surface area contributed by atoms with Gasteiger partial charge < -0.3 is 4.90 Å². The number of halogens is 1. The third kappa shape index (κ3) is 2.71. The average molecular weight is 269 g/mol. The summed E-state index contributed by atoms with van der Waals surface area (Å²) in [6.07, 6.45) is 3.20. The van der Waals surface area contributed by atoms with E-state index in [1.807, 2.05) is 12.3 Å². The van der Waals surface area contributed by atoms with E-state index in [1.165, 1.54) is 6.42 Å². The number of anilines is 1. The standard InChI is InChI=1S/C12H17BrN2/c1-9-5-10(2)8-15(7-9)12-6-11(13)3-4-14-12/h3-4,6,9-10H,5,7-8H2,1-2H3. The van der Waals surface area contributed by atoms with Gasteiger partial charge in [-0.25, -0.2) is 4.98 Å². The molecule has 0 aliphatic carbocycles. The van der Waals surface area contributed by atoms with Gasteiger partial charge in [-0.1, -0.05) is 29.8 Å². The van der Waals surface area contributed by atoms with Crippen molar-refractivity contribution < 1.29 is 0 Å². The molecule has 1 aromatic heterocycles. The van der Waals surface area contributed by atoms with Gasteiger partial charge in [0.25, 0.3) is 0 Å². The molecule has 0 radical (unpaired) electrons. The number of pyridine rings is 1. The number of nitrogens with zero attached hydrogens (tertiary/aromatic N) is 2. The fraction of sp³-hybridized carbons (Fsp3) is 0.583. The van der Waals surface area contributed by atoms with Crippen LogP contribution in [0.1, 0.15) is 20.3 Å². The van der Waals surface area contributed by atoms with Gasteiger partial charge in [0.2, 0.25) is 0 Å². The Kier molecular flexibility index (Phi) is 3.29. The van der Waals surface area contributed by atoms with E-state index >= 15 is 0 Å². The van der Waals surface area contributed by atoms with E-state index in [0.717, 1.165) is 35.2 Å². The van der Waals surface area contributed by atoms with E-state index < -0.39 is 0 Å². The zero-order valence-corrected chi connectivity index (χ0v) is 10.9. The van der Waals surface area contributed by atoms with Crippen molar-refractivity contribution in [3.05, 3.63) is 22.8 Å². The first-order valence-electron chi connectivity index (χ1n) is 5.51. The Hall–Kier alpha value is -0.570. The first kappa shape index (κ1) is 10.9. The second-order valence-electron chi connectivity index (χ2n) is 4.68. The molecule has 0 spiro atoms. The van der Waals surface area contributed by atoms with Crippen LogP contribution in [0.25, 0.3) is 0 Å². The van der Waals surface area contributed by atoms with E-state index in [0.29, 0.717) is 0 Å². The number of piperidine rings is 1. The summed E-state index contributed by atoms with van der Waals surface area (Å²) in [6.45, 7) is 6.91. The van der Waals surface area contributed by atoms with Gasteiger partial charge in [-0.3, -0.25) is 0 Å². The molecule has 1 saturated heterocycles. The maximum absolute atomic E-state index is 4.43. The Morgan fingerprint density at radius 1 is 1.33 bits per heavy atom. The van der Waals surface area contributed by atoms with E-state index in [4.69, 9.17) is 0 Å². The molecule has 0 N–H and O–H groups in total. The van der Waals surface area contributed by atoms with Crippen molar-refractivity contribution in [3.8, 4) is 0 Å². The summed E-state index contributed by atoms with van der Waals surface area (Å²) in [4.78, 5) is 6.82. The van der Waals surface area contributed by atoms with Crippen LogP contribution >= 0.6 is 15.9 Å². The Balaban J connectivity index is 2.16. The second kappa shape index (κ2) is 4.52. The second-order valence-corrected chi connectivity index (χ2v) is 5.60. The largest absolute Gasteiger partial charge is 0.356 e. The molecule has 15 heavy (non-hydrogen) atoms. The summed E-state index contributed by atoms with van der Waals surface area (Å²) in [5, 5.41) is 0. The van der Waals surface area contributed by atoms with Crippen LogP contribution in [0, 0.1) is 11.8 Å². The Labute approximate surface area is 99.8 Å². The summed E-state index contributed by atoms with van der Waals surface area (Å²) in [5.41, 5.74) is 0. The zero-order chi connectivity index (χ0) is 10.8. The van der Waals surface area contributed by atoms with Crippen LogP contribution in [0.4, 0.5) is 5.82 Å². The van der Waals surface area contributed by atoms with E-state index in [9.17, 15) is 0 Å². The summed E-state index contributed by atoms with van der Waals surface area (Å²) in [7, 11) is 0. The van der Waals surface area contributed by atoms with Crippen molar-refractivity contribution in [1.82, 2.24) is 4.98 Å². The maximum Gasteiger partial charge on any atom is 0.129 e. The van der Waals surface area contributed by atoms with Crippen molar-refractivity contribution in [2.45, 2.75) is 20.3 Å². The summed E-state index contributed by atoms with van der Waals surface area (Å²) in [5.74, 6) is 2.65. The molecule has 3 heteroatoms. The predicted octanol–water partition coefficient (Wildman–Crippen LogP) is 3.33. The summed E-state index contributed by atoms with van der Waals surface area (Å²) < 4.78 is 1.11. The minimum atomic E-state index is 0.773. The van der Waals surface area contributed by atoms with E-state index in [-0.39, 0.29) is 0 Å². The smallest absolute Gasteiger partial charge is 0.129 e. The lowest BCUT2D eigenvalue weighted by molar-refractivity contribution is 0.355. The van der Waals surface area contributed by atoms with Crippen LogP contribution in [0.5, 0.6) is 0 Å². The summed E-state index contributed by atoms with van der Waals surface area (Å²) >= 11 is 3.49. The quantitative estimate of drug-likeness (QED) is 0.777. The SMILES string of the molecule is CC1CC(C)CN(c2cc(Br)ccn2)C1. The normalized spacial score (nSPS) is 26.7. The molecule has 0 amide bonds. The molecule has 1 aliphatic heterocycles. The van der Waals surface area contributed by atoms with Crippen molar-refractivity contribution in [3.63, 3.8) is 0 Å². The fourth-order valence-electron chi connectivity index (χ4n) is 2.42. The first-order chi connectivity index (χ1) is 7.15. The molecular formula is C12H17BrN2. The third-order valence-corrected chi connectivity index (χ3v) is 3.39. The Morgan fingerprint density at radius 3 is 2.60 bits per heavy atom. The third-order valence-electron chi connectivity index (χ3n) is 2.90. The fourth-order valence-corrected chi connectivity index (χ4v) is 2.74. The molecule has 1 fully saturated rings. The molecule has 0 bridgehead atoms.